The van der Waals surface area contributed by atoms with Gasteiger partial charge in [0.1, 0.15) is 0 Å². The standard InChI is InChI=1S/C13H19N3O2/c1-13(2,14)12(18)16-8-9-4-6-10(7-5-9)11(17)15-3/h4-7H,8,14H2,1-3H3,(H,15,17)(H,16,18). The Morgan fingerprint density at radius 3 is 2.22 bits per heavy atom. The minimum Gasteiger partial charge on any atom is -0.355 e. The lowest BCUT2D eigenvalue weighted by atomic mass is 10.1. The van der Waals surface area contributed by atoms with Gasteiger partial charge < -0.3 is 16.4 Å². The lowest BCUT2D eigenvalue weighted by molar-refractivity contribution is -0.125. The van der Waals surface area contributed by atoms with Crippen LogP contribution in [0.2, 0.25) is 0 Å². The lowest BCUT2D eigenvalue weighted by Crippen LogP contribution is -2.48. The first-order chi connectivity index (χ1) is 8.34. The Hall–Kier alpha value is -1.88. The van der Waals surface area contributed by atoms with E-state index >= 15 is 0 Å². The normalized spacial score (nSPS) is 10.9. The van der Waals surface area contributed by atoms with E-state index in [9.17, 15) is 9.59 Å². The number of hydrogen-bond acceptors (Lipinski definition) is 3. The molecule has 2 amide bonds. The molecular weight excluding hydrogens is 230 g/mol. The third kappa shape index (κ3) is 3.85. The monoisotopic (exact) mass is 249 g/mol. The summed E-state index contributed by atoms with van der Waals surface area (Å²) in [7, 11) is 1.58. The van der Waals surface area contributed by atoms with E-state index in [1.165, 1.54) is 0 Å². The highest BCUT2D eigenvalue weighted by molar-refractivity contribution is 5.94. The van der Waals surface area contributed by atoms with Crippen molar-refractivity contribution >= 4 is 11.8 Å². The summed E-state index contributed by atoms with van der Waals surface area (Å²) in [4.78, 5) is 22.9. The van der Waals surface area contributed by atoms with Crippen molar-refractivity contribution in [2.24, 2.45) is 5.73 Å². The van der Waals surface area contributed by atoms with Crippen molar-refractivity contribution in [1.82, 2.24) is 10.6 Å². The molecule has 0 fully saturated rings. The van der Waals surface area contributed by atoms with Crippen molar-refractivity contribution < 1.29 is 9.59 Å². The van der Waals surface area contributed by atoms with Crippen LogP contribution >= 0.6 is 0 Å². The molecule has 0 aliphatic heterocycles. The fourth-order valence-corrected chi connectivity index (χ4v) is 1.33. The van der Waals surface area contributed by atoms with Gasteiger partial charge in [0, 0.05) is 19.2 Å². The van der Waals surface area contributed by atoms with Crippen molar-refractivity contribution in [3.63, 3.8) is 0 Å². The van der Waals surface area contributed by atoms with E-state index in [4.69, 9.17) is 5.73 Å². The molecule has 1 aromatic carbocycles. The Morgan fingerprint density at radius 2 is 1.78 bits per heavy atom. The molecule has 5 heteroatoms. The Labute approximate surface area is 107 Å². The summed E-state index contributed by atoms with van der Waals surface area (Å²) >= 11 is 0. The summed E-state index contributed by atoms with van der Waals surface area (Å²) in [5.74, 6) is -0.341. The number of carbonyl (C=O) groups excluding carboxylic acids is 2. The maximum Gasteiger partial charge on any atom is 0.251 e. The summed E-state index contributed by atoms with van der Waals surface area (Å²) in [6.45, 7) is 3.70. The molecule has 4 N–H and O–H groups in total. The molecule has 0 unspecified atom stereocenters. The van der Waals surface area contributed by atoms with Gasteiger partial charge >= 0.3 is 0 Å². The zero-order valence-corrected chi connectivity index (χ0v) is 10.9. The van der Waals surface area contributed by atoms with Crippen LogP contribution in [0.3, 0.4) is 0 Å². The molecule has 1 aromatic rings. The quantitative estimate of drug-likeness (QED) is 0.722. The molecule has 0 aliphatic carbocycles. The summed E-state index contributed by atoms with van der Waals surface area (Å²) < 4.78 is 0. The summed E-state index contributed by atoms with van der Waals surface area (Å²) in [5.41, 5.74) is 6.28. The highest BCUT2D eigenvalue weighted by Gasteiger charge is 2.20. The summed E-state index contributed by atoms with van der Waals surface area (Å²) in [5, 5.41) is 5.28. The van der Waals surface area contributed by atoms with Crippen LogP contribution in [-0.4, -0.2) is 24.4 Å². The van der Waals surface area contributed by atoms with Crippen LogP contribution in [0.1, 0.15) is 29.8 Å². The SMILES string of the molecule is CNC(=O)c1ccc(CNC(=O)C(C)(C)N)cc1. The second kappa shape index (κ2) is 5.64. The van der Waals surface area contributed by atoms with Crippen LogP contribution in [-0.2, 0) is 11.3 Å². The summed E-state index contributed by atoms with van der Waals surface area (Å²) in [6.07, 6.45) is 0. The number of nitrogens with two attached hydrogens (primary N) is 1. The number of nitrogens with one attached hydrogen (secondary N) is 2. The fourth-order valence-electron chi connectivity index (χ4n) is 1.33. The maximum atomic E-state index is 11.6. The zero-order valence-electron chi connectivity index (χ0n) is 10.9. The highest BCUT2D eigenvalue weighted by Crippen LogP contribution is 2.05. The predicted octanol–water partition coefficient (Wildman–Crippen LogP) is 0.400. The van der Waals surface area contributed by atoms with Crippen LogP contribution < -0.4 is 16.4 Å². The molecule has 0 heterocycles. The van der Waals surface area contributed by atoms with Crippen molar-refractivity contribution in [2.45, 2.75) is 25.9 Å². The fraction of sp³-hybridized carbons (Fsp3) is 0.385. The van der Waals surface area contributed by atoms with Crippen molar-refractivity contribution in [3.05, 3.63) is 35.4 Å². The topological polar surface area (TPSA) is 84.2 Å². The predicted molar refractivity (Wildman–Crippen MR) is 69.9 cm³/mol. The van der Waals surface area contributed by atoms with Gasteiger partial charge in [-0.2, -0.15) is 0 Å². The maximum absolute atomic E-state index is 11.6. The van der Waals surface area contributed by atoms with Gasteiger partial charge in [-0.15, -0.1) is 0 Å². The average molecular weight is 249 g/mol. The lowest BCUT2D eigenvalue weighted by Gasteiger charge is -2.17. The molecule has 0 saturated carbocycles. The van der Waals surface area contributed by atoms with Gasteiger partial charge in [0.2, 0.25) is 5.91 Å². The largest absolute Gasteiger partial charge is 0.355 e. The smallest absolute Gasteiger partial charge is 0.251 e. The van der Waals surface area contributed by atoms with Gasteiger partial charge in [-0.1, -0.05) is 12.1 Å². The van der Waals surface area contributed by atoms with Gasteiger partial charge in [-0.25, -0.2) is 0 Å². The van der Waals surface area contributed by atoms with E-state index in [1.54, 1.807) is 45.2 Å². The van der Waals surface area contributed by atoms with E-state index in [0.717, 1.165) is 5.56 Å². The van der Waals surface area contributed by atoms with Crippen LogP contribution in [0.4, 0.5) is 0 Å². The van der Waals surface area contributed by atoms with Crippen LogP contribution in [0.25, 0.3) is 0 Å². The molecule has 0 aliphatic rings. The number of carbonyl (C=O) groups is 2. The first-order valence-corrected chi connectivity index (χ1v) is 5.73. The van der Waals surface area contributed by atoms with E-state index in [1.807, 2.05) is 0 Å². The number of hydrogen-bond donors (Lipinski definition) is 3. The number of rotatable bonds is 4. The molecule has 0 saturated heterocycles. The van der Waals surface area contributed by atoms with Crippen molar-refractivity contribution in [1.29, 1.82) is 0 Å². The first-order valence-electron chi connectivity index (χ1n) is 5.73. The third-order valence-electron chi connectivity index (χ3n) is 2.48. The van der Waals surface area contributed by atoms with Gasteiger partial charge in [0.15, 0.2) is 0 Å². The Balaban J connectivity index is 2.60. The molecular formula is C13H19N3O2. The first kappa shape index (κ1) is 14.2. The van der Waals surface area contributed by atoms with Crippen LogP contribution in [0, 0.1) is 0 Å². The highest BCUT2D eigenvalue weighted by atomic mass is 16.2. The minimum atomic E-state index is -0.887. The Bertz CT molecular complexity index is 433. The Kier molecular flexibility index (Phi) is 4.44. The number of benzene rings is 1. The molecule has 1 rings (SSSR count). The third-order valence-corrected chi connectivity index (χ3v) is 2.48. The molecule has 0 spiro atoms. The molecule has 5 nitrogen and oxygen atoms in total. The van der Waals surface area contributed by atoms with Gasteiger partial charge in [0.25, 0.3) is 5.91 Å². The van der Waals surface area contributed by atoms with Crippen molar-refractivity contribution in [2.75, 3.05) is 7.05 Å². The molecule has 0 radical (unpaired) electrons. The second-order valence-corrected chi connectivity index (χ2v) is 4.68. The van der Waals surface area contributed by atoms with Crippen molar-refractivity contribution in [3.8, 4) is 0 Å². The van der Waals surface area contributed by atoms with Crippen LogP contribution in [0.5, 0.6) is 0 Å². The zero-order chi connectivity index (χ0) is 13.8. The average Bonchev–Trinajstić information content (AvgIpc) is 2.34. The van der Waals surface area contributed by atoms with E-state index in [0.29, 0.717) is 12.1 Å². The van der Waals surface area contributed by atoms with E-state index in [-0.39, 0.29) is 11.8 Å². The minimum absolute atomic E-state index is 0.131. The summed E-state index contributed by atoms with van der Waals surface area (Å²) in [6, 6.07) is 7.03. The molecule has 0 atom stereocenters. The number of amides is 2. The van der Waals surface area contributed by atoms with E-state index in [2.05, 4.69) is 10.6 Å². The van der Waals surface area contributed by atoms with E-state index < -0.39 is 5.54 Å². The molecule has 0 aromatic heterocycles. The Morgan fingerprint density at radius 1 is 1.22 bits per heavy atom. The molecule has 98 valence electrons. The van der Waals surface area contributed by atoms with Gasteiger partial charge in [-0.05, 0) is 31.5 Å². The molecule has 0 bridgehead atoms. The van der Waals surface area contributed by atoms with Crippen LogP contribution in [0.15, 0.2) is 24.3 Å². The van der Waals surface area contributed by atoms with Gasteiger partial charge in [-0.3, -0.25) is 9.59 Å². The second-order valence-electron chi connectivity index (χ2n) is 4.68. The van der Waals surface area contributed by atoms with Gasteiger partial charge in [0.05, 0.1) is 5.54 Å². The molecule has 18 heavy (non-hydrogen) atoms.